The monoisotopic (exact) mass is 352 g/mol. The number of benzene rings is 2. The molecule has 6 heteroatoms. The van der Waals surface area contributed by atoms with Gasteiger partial charge in [-0.2, -0.15) is 0 Å². The molecular weight excluding hydrogens is 328 g/mol. The number of carbonyl (C=O) groups excluding carboxylic acids is 2. The Morgan fingerprint density at radius 3 is 2.38 bits per heavy atom. The molecule has 136 valence electrons. The molecule has 3 rings (SSSR count). The Balaban J connectivity index is 1.83. The first-order valence-electron chi connectivity index (χ1n) is 8.82. The summed E-state index contributed by atoms with van der Waals surface area (Å²) in [6.07, 6.45) is 2.45. The van der Waals surface area contributed by atoms with Crippen molar-refractivity contribution < 1.29 is 9.59 Å². The molecule has 0 aliphatic carbocycles. The average molecular weight is 352 g/mol. The Morgan fingerprint density at radius 2 is 1.77 bits per heavy atom. The number of primary amides is 1. The third-order valence-corrected chi connectivity index (χ3v) is 4.60. The summed E-state index contributed by atoms with van der Waals surface area (Å²) in [7, 11) is 0. The van der Waals surface area contributed by atoms with Crippen LogP contribution >= 0.6 is 0 Å². The predicted molar refractivity (Wildman–Crippen MR) is 103 cm³/mol. The number of imide groups is 1. The van der Waals surface area contributed by atoms with Gasteiger partial charge in [-0.1, -0.05) is 30.3 Å². The number of hydrogen-bond acceptors (Lipinski definition) is 4. The van der Waals surface area contributed by atoms with Crippen molar-refractivity contribution in [1.29, 1.82) is 0 Å². The third kappa shape index (κ3) is 4.14. The highest BCUT2D eigenvalue weighted by Crippen LogP contribution is 2.28. The second-order valence-corrected chi connectivity index (χ2v) is 6.54. The highest BCUT2D eigenvalue weighted by molar-refractivity contribution is 5.98. The molecule has 2 aromatic carbocycles. The van der Waals surface area contributed by atoms with Crippen LogP contribution < -0.4 is 21.3 Å². The quantitative estimate of drug-likeness (QED) is 0.772. The molecule has 0 unspecified atom stereocenters. The summed E-state index contributed by atoms with van der Waals surface area (Å²) in [5, 5.41) is 5.38. The summed E-state index contributed by atoms with van der Waals surface area (Å²) in [5.74, 6) is -0.482. The molecule has 1 aliphatic rings. The topological polar surface area (TPSA) is 87.5 Å². The van der Waals surface area contributed by atoms with Gasteiger partial charge in [0.1, 0.15) is 6.04 Å². The molecule has 1 heterocycles. The van der Waals surface area contributed by atoms with Crippen molar-refractivity contribution >= 4 is 23.3 Å². The first-order valence-corrected chi connectivity index (χ1v) is 8.82. The van der Waals surface area contributed by atoms with Gasteiger partial charge in [-0.3, -0.25) is 10.1 Å². The zero-order chi connectivity index (χ0) is 18.5. The summed E-state index contributed by atoms with van der Waals surface area (Å²) in [4.78, 5) is 25.9. The number of nitrogens with one attached hydrogen (secondary N) is 2. The zero-order valence-electron chi connectivity index (χ0n) is 14.9. The number of amides is 3. The van der Waals surface area contributed by atoms with Gasteiger partial charge < -0.3 is 16.0 Å². The van der Waals surface area contributed by atoms with Gasteiger partial charge >= 0.3 is 6.03 Å². The molecule has 0 radical (unpaired) electrons. The Kier molecular flexibility index (Phi) is 5.41. The van der Waals surface area contributed by atoms with Crippen molar-refractivity contribution in [2.24, 2.45) is 5.73 Å². The van der Waals surface area contributed by atoms with Crippen molar-refractivity contribution in [3.63, 3.8) is 0 Å². The van der Waals surface area contributed by atoms with E-state index in [-0.39, 0.29) is 0 Å². The second kappa shape index (κ2) is 7.91. The van der Waals surface area contributed by atoms with Crippen molar-refractivity contribution in [2.45, 2.75) is 25.8 Å². The Morgan fingerprint density at radius 1 is 1.08 bits per heavy atom. The van der Waals surface area contributed by atoms with Crippen LogP contribution in [0, 0.1) is 6.92 Å². The molecule has 1 fully saturated rings. The largest absolute Gasteiger partial charge is 0.371 e. The fourth-order valence-corrected chi connectivity index (χ4v) is 3.36. The summed E-state index contributed by atoms with van der Waals surface area (Å²) in [6, 6.07) is 13.8. The summed E-state index contributed by atoms with van der Waals surface area (Å²) >= 11 is 0. The molecule has 0 spiro atoms. The molecule has 3 amide bonds. The molecule has 4 N–H and O–H groups in total. The van der Waals surface area contributed by atoms with E-state index in [1.54, 1.807) is 0 Å². The average Bonchev–Trinajstić information content (AvgIpc) is 3.14. The van der Waals surface area contributed by atoms with E-state index in [4.69, 9.17) is 5.73 Å². The van der Waals surface area contributed by atoms with Gasteiger partial charge in [0.25, 0.3) is 5.91 Å². The fraction of sp³-hybridized carbons (Fsp3) is 0.300. The number of hydrogen-bond donors (Lipinski definition) is 3. The van der Waals surface area contributed by atoms with Gasteiger partial charge in [-0.25, -0.2) is 4.79 Å². The molecule has 26 heavy (non-hydrogen) atoms. The van der Waals surface area contributed by atoms with E-state index in [9.17, 15) is 9.59 Å². The fourth-order valence-electron chi connectivity index (χ4n) is 3.36. The molecule has 1 aliphatic heterocycles. The lowest BCUT2D eigenvalue weighted by Crippen LogP contribution is -2.40. The maximum absolute atomic E-state index is 12.4. The minimum Gasteiger partial charge on any atom is -0.371 e. The normalized spacial score (nSPS) is 14.7. The Hall–Kier alpha value is -3.02. The van der Waals surface area contributed by atoms with E-state index in [1.165, 1.54) is 18.5 Å². The maximum atomic E-state index is 12.4. The van der Waals surface area contributed by atoms with Crippen molar-refractivity contribution in [3.05, 3.63) is 59.7 Å². The van der Waals surface area contributed by atoms with Gasteiger partial charge in [0.05, 0.1) is 0 Å². The SMILES string of the molecule is Cc1cc(N[C@@H](C(=O)NC(N)=O)c2ccccc2)ccc1N1CCCC1. The lowest BCUT2D eigenvalue weighted by Gasteiger charge is -2.23. The minimum absolute atomic E-state index is 0.482. The van der Waals surface area contributed by atoms with Crippen molar-refractivity contribution in [2.75, 3.05) is 23.3 Å². The van der Waals surface area contributed by atoms with E-state index < -0.39 is 18.0 Å². The van der Waals surface area contributed by atoms with Crippen molar-refractivity contribution in [3.8, 4) is 0 Å². The first-order chi connectivity index (χ1) is 12.5. The van der Waals surface area contributed by atoms with E-state index in [0.717, 1.165) is 29.9 Å². The lowest BCUT2D eigenvalue weighted by molar-refractivity contribution is -0.120. The zero-order valence-corrected chi connectivity index (χ0v) is 14.9. The number of carbonyl (C=O) groups is 2. The predicted octanol–water partition coefficient (Wildman–Crippen LogP) is 2.94. The number of anilines is 2. The third-order valence-electron chi connectivity index (χ3n) is 4.60. The highest BCUT2D eigenvalue weighted by Gasteiger charge is 2.22. The Bertz CT molecular complexity index is 786. The highest BCUT2D eigenvalue weighted by atomic mass is 16.2. The van der Waals surface area contributed by atoms with Crippen LogP contribution in [0.5, 0.6) is 0 Å². The Labute approximate surface area is 153 Å². The summed E-state index contributed by atoms with van der Waals surface area (Å²) in [6.45, 7) is 4.24. The van der Waals surface area contributed by atoms with E-state index in [0.29, 0.717) is 0 Å². The number of nitrogens with two attached hydrogens (primary N) is 1. The lowest BCUT2D eigenvalue weighted by atomic mass is 10.0. The van der Waals surface area contributed by atoms with Gasteiger partial charge in [0.2, 0.25) is 0 Å². The van der Waals surface area contributed by atoms with E-state index in [1.807, 2.05) is 42.5 Å². The molecule has 2 aromatic rings. The van der Waals surface area contributed by atoms with Gasteiger partial charge in [-0.05, 0) is 49.1 Å². The smallest absolute Gasteiger partial charge is 0.318 e. The van der Waals surface area contributed by atoms with Gasteiger partial charge in [-0.15, -0.1) is 0 Å². The molecule has 1 atom stereocenters. The van der Waals surface area contributed by atoms with Crippen LogP contribution in [0.3, 0.4) is 0 Å². The summed E-state index contributed by atoms with van der Waals surface area (Å²) in [5.41, 5.74) is 9.07. The van der Waals surface area contributed by atoms with Gasteiger partial charge in [0, 0.05) is 24.5 Å². The minimum atomic E-state index is -0.863. The number of urea groups is 1. The molecule has 0 saturated carbocycles. The molecule has 0 bridgehead atoms. The van der Waals surface area contributed by atoms with Crippen LogP contribution in [-0.2, 0) is 4.79 Å². The van der Waals surface area contributed by atoms with E-state index >= 15 is 0 Å². The van der Waals surface area contributed by atoms with Gasteiger partial charge in [0.15, 0.2) is 0 Å². The molecule has 6 nitrogen and oxygen atoms in total. The van der Waals surface area contributed by atoms with Crippen LogP contribution in [-0.4, -0.2) is 25.0 Å². The number of nitrogens with zero attached hydrogens (tertiary/aromatic N) is 1. The molecule has 0 aromatic heterocycles. The van der Waals surface area contributed by atoms with Crippen LogP contribution in [0.15, 0.2) is 48.5 Å². The van der Waals surface area contributed by atoms with E-state index in [2.05, 4.69) is 28.5 Å². The maximum Gasteiger partial charge on any atom is 0.318 e. The summed E-state index contributed by atoms with van der Waals surface area (Å²) < 4.78 is 0. The van der Waals surface area contributed by atoms with Crippen LogP contribution in [0.2, 0.25) is 0 Å². The molecular formula is C20H24N4O2. The number of aryl methyl sites for hydroxylation is 1. The number of rotatable bonds is 5. The molecule has 1 saturated heterocycles. The van der Waals surface area contributed by atoms with Crippen molar-refractivity contribution in [1.82, 2.24) is 5.32 Å². The second-order valence-electron chi connectivity index (χ2n) is 6.54. The van der Waals surface area contributed by atoms with Crippen LogP contribution in [0.4, 0.5) is 16.2 Å². The van der Waals surface area contributed by atoms with Crippen LogP contribution in [0.25, 0.3) is 0 Å². The standard InChI is InChI=1S/C20H24N4O2/c1-14-13-16(9-10-17(14)24-11-5-6-12-24)22-18(19(25)23-20(21)26)15-7-3-2-4-8-15/h2-4,7-10,13,18,22H,5-6,11-12H2,1H3,(H3,21,23,25,26)/t18-/m1/s1. The first kappa shape index (κ1) is 17.8. The van der Waals surface area contributed by atoms with Crippen LogP contribution in [0.1, 0.15) is 30.0 Å².